The van der Waals surface area contributed by atoms with Crippen molar-refractivity contribution < 1.29 is 14.6 Å². The van der Waals surface area contributed by atoms with Crippen molar-refractivity contribution in [2.75, 3.05) is 7.11 Å². The molecule has 3 nitrogen and oxygen atoms in total. The molecule has 1 aromatic rings. The van der Waals surface area contributed by atoms with Gasteiger partial charge in [0.2, 0.25) is 0 Å². The van der Waals surface area contributed by atoms with Gasteiger partial charge in [-0.25, -0.2) is 0 Å². The van der Waals surface area contributed by atoms with Gasteiger partial charge >= 0.3 is 0 Å². The number of carbonyl (C=O) groups excluding carboxylic acids is 1. The summed E-state index contributed by atoms with van der Waals surface area (Å²) >= 11 is 0. The molecule has 0 aliphatic heterocycles. The van der Waals surface area contributed by atoms with Gasteiger partial charge in [-0.05, 0) is 24.6 Å². The first-order valence-electron chi connectivity index (χ1n) is 4.12. The van der Waals surface area contributed by atoms with Crippen LogP contribution in [0.5, 0.6) is 11.5 Å². The molecule has 0 spiro atoms. The third-order valence-electron chi connectivity index (χ3n) is 1.94. The fraction of sp³-hybridized carbons (Fsp3) is 0.182. The van der Waals surface area contributed by atoms with E-state index in [0.717, 1.165) is 11.1 Å². The van der Waals surface area contributed by atoms with Crippen molar-refractivity contribution in [3.8, 4) is 11.5 Å². The van der Waals surface area contributed by atoms with Gasteiger partial charge in [-0.1, -0.05) is 12.2 Å². The van der Waals surface area contributed by atoms with Crippen molar-refractivity contribution in [2.24, 2.45) is 0 Å². The average molecular weight is 192 g/mol. The quantitative estimate of drug-likeness (QED) is 0.747. The molecular weight excluding hydrogens is 180 g/mol. The van der Waals surface area contributed by atoms with Crippen LogP contribution in [-0.4, -0.2) is 18.5 Å². The molecule has 74 valence electrons. The number of ether oxygens (including phenoxy) is 1. The highest BCUT2D eigenvalue weighted by Crippen LogP contribution is 2.32. The lowest BCUT2D eigenvalue weighted by atomic mass is 10.0. The summed E-state index contributed by atoms with van der Waals surface area (Å²) in [6.45, 7) is 5.57. The molecule has 0 saturated carbocycles. The maximum Gasteiger partial charge on any atom is 0.168 e. The van der Waals surface area contributed by atoms with Crippen LogP contribution in [0.2, 0.25) is 0 Å². The average Bonchev–Trinajstić information content (AvgIpc) is 2.17. The summed E-state index contributed by atoms with van der Waals surface area (Å²) in [6, 6.07) is 3.22. The molecule has 0 aromatic heterocycles. The Morgan fingerprint density at radius 1 is 1.57 bits per heavy atom. The van der Waals surface area contributed by atoms with Gasteiger partial charge < -0.3 is 9.84 Å². The van der Waals surface area contributed by atoms with Gasteiger partial charge in [0.15, 0.2) is 17.8 Å². The van der Waals surface area contributed by atoms with Crippen LogP contribution in [0.4, 0.5) is 0 Å². The van der Waals surface area contributed by atoms with Crippen LogP contribution in [-0.2, 0) is 0 Å². The number of phenols is 1. The van der Waals surface area contributed by atoms with Gasteiger partial charge in [-0.2, -0.15) is 0 Å². The molecule has 0 atom stereocenters. The molecule has 0 aliphatic rings. The van der Waals surface area contributed by atoms with E-state index in [1.54, 1.807) is 12.1 Å². The predicted octanol–water partition coefficient (Wildman–Crippen LogP) is 2.25. The fourth-order valence-corrected chi connectivity index (χ4v) is 1.12. The summed E-state index contributed by atoms with van der Waals surface area (Å²) in [5.74, 6) is 0.153. The van der Waals surface area contributed by atoms with Crippen molar-refractivity contribution in [1.82, 2.24) is 0 Å². The van der Waals surface area contributed by atoms with Gasteiger partial charge in [-0.3, -0.25) is 4.79 Å². The summed E-state index contributed by atoms with van der Waals surface area (Å²) in [5, 5.41) is 9.51. The Balaban J connectivity index is 3.39. The van der Waals surface area contributed by atoms with Crippen LogP contribution in [0.1, 0.15) is 22.8 Å². The molecule has 0 amide bonds. The van der Waals surface area contributed by atoms with E-state index < -0.39 is 0 Å². The zero-order valence-electron chi connectivity index (χ0n) is 8.20. The second kappa shape index (κ2) is 3.96. The summed E-state index contributed by atoms with van der Waals surface area (Å²) in [5.41, 5.74) is 1.80. The monoisotopic (exact) mass is 192 g/mol. The zero-order valence-corrected chi connectivity index (χ0v) is 8.20. The topological polar surface area (TPSA) is 46.5 Å². The van der Waals surface area contributed by atoms with E-state index in [0.29, 0.717) is 6.29 Å². The number of rotatable bonds is 3. The lowest BCUT2D eigenvalue weighted by molar-refractivity contribution is 0.112. The summed E-state index contributed by atoms with van der Waals surface area (Å²) in [4.78, 5) is 10.6. The van der Waals surface area contributed by atoms with Crippen LogP contribution in [0.25, 0.3) is 5.57 Å². The minimum Gasteiger partial charge on any atom is -0.504 e. The van der Waals surface area contributed by atoms with E-state index in [1.807, 2.05) is 6.92 Å². The Bertz CT molecular complexity index is 380. The highest BCUT2D eigenvalue weighted by Gasteiger charge is 2.09. The molecule has 0 saturated heterocycles. The first kappa shape index (κ1) is 10.3. The van der Waals surface area contributed by atoms with E-state index in [2.05, 4.69) is 6.58 Å². The second-order valence-corrected chi connectivity index (χ2v) is 3.01. The van der Waals surface area contributed by atoms with Crippen LogP contribution in [0.15, 0.2) is 18.7 Å². The number of carbonyl (C=O) groups is 1. The molecule has 0 aliphatic carbocycles. The number of benzene rings is 1. The molecule has 0 radical (unpaired) electrons. The Labute approximate surface area is 82.6 Å². The van der Waals surface area contributed by atoms with Crippen molar-refractivity contribution in [3.05, 3.63) is 29.8 Å². The molecule has 1 N–H and O–H groups in total. The van der Waals surface area contributed by atoms with Gasteiger partial charge in [0, 0.05) is 0 Å². The van der Waals surface area contributed by atoms with Gasteiger partial charge in [0.1, 0.15) is 0 Å². The number of allylic oxidation sites excluding steroid dienone is 1. The first-order valence-corrected chi connectivity index (χ1v) is 4.12. The second-order valence-electron chi connectivity index (χ2n) is 3.01. The predicted molar refractivity (Wildman–Crippen MR) is 54.8 cm³/mol. The van der Waals surface area contributed by atoms with E-state index in [1.165, 1.54) is 7.11 Å². The molecule has 0 fully saturated rings. The Morgan fingerprint density at radius 2 is 2.21 bits per heavy atom. The third kappa shape index (κ3) is 1.76. The summed E-state index contributed by atoms with van der Waals surface area (Å²) < 4.78 is 4.93. The van der Waals surface area contributed by atoms with Crippen LogP contribution < -0.4 is 4.74 Å². The van der Waals surface area contributed by atoms with E-state index >= 15 is 0 Å². The SMILES string of the molecule is C=C(C)c1cc(C=O)c(O)c(OC)c1. The molecule has 1 aromatic carbocycles. The third-order valence-corrected chi connectivity index (χ3v) is 1.94. The standard InChI is InChI=1S/C11H12O3/c1-7(2)8-4-9(6-12)11(13)10(5-8)14-3/h4-6,13H,1H2,2-3H3. The number of aldehydes is 1. The lowest BCUT2D eigenvalue weighted by Gasteiger charge is -2.08. The smallest absolute Gasteiger partial charge is 0.168 e. The van der Waals surface area contributed by atoms with Crippen molar-refractivity contribution in [3.63, 3.8) is 0 Å². The Hall–Kier alpha value is -1.77. The van der Waals surface area contributed by atoms with Crippen molar-refractivity contribution in [2.45, 2.75) is 6.92 Å². The number of phenolic OH excluding ortho intramolecular Hbond substituents is 1. The van der Waals surface area contributed by atoms with E-state index in [9.17, 15) is 9.90 Å². The van der Waals surface area contributed by atoms with Crippen LogP contribution in [0, 0.1) is 0 Å². The number of methoxy groups -OCH3 is 1. The minimum absolute atomic E-state index is 0.132. The first-order chi connectivity index (χ1) is 6.60. The lowest BCUT2D eigenvalue weighted by Crippen LogP contribution is -1.91. The van der Waals surface area contributed by atoms with E-state index in [4.69, 9.17) is 4.74 Å². The normalized spacial score (nSPS) is 9.57. The zero-order chi connectivity index (χ0) is 10.7. The van der Waals surface area contributed by atoms with Gasteiger partial charge in [-0.15, -0.1) is 0 Å². The number of hydrogen-bond acceptors (Lipinski definition) is 3. The molecule has 0 bridgehead atoms. The number of hydrogen-bond donors (Lipinski definition) is 1. The summed E-state index contributed by atoms with van der Waals surface area (Å²) in [7, 11) is 1.44. The number of aromatic hydroxyl groups is 1. The van der Waals surface area contributed by atoms with Crippen molar-refractivity contribution in [1.29, 1.82) is 0 Å². The van der Waals surface area contributed by atoms with E-state index in [-0.39, 0.29) is 17.1 Å². The Morgan fingerprint density at radius 3 is 2.64 bits per heavy atom. The summed E-state index contributed by atoms with van der Waals surface area (Å²) in [6.07, 6.45) is 0.588. The largest absolute Gasteiger partial charge is 0.504 e. The highest BCUT2D eigenvalue weighted by molar-refractivity contribution is 5.83. The van der Waals surface area contributed by atoms with Crippen LogP contribution in [0.3, 0.4) is 0 Å². The molecule has 3 heteroatoms. The van der Waals surface area contributed by atoms with Gasteiger partial charge in [0.05, 0.1) is 12.7 Å². The van der Waals surface area contributed by atoms with Crippen molar-refractivity contribution >= 4 is 11.9 Å². The van der Waals surface area contributed by atoms with Gasteiger partial charge in [0.25, 0.3) is 0 Å². The Kier molecular flexibility index (Phi) is 2.92. The minimum atomic E-state index is -0.132. The fourth-order valence-electron chi connectivity index (χ4n) is 1.12. The maximum atomic E-state index is 10.6. The molecule has 14 heavy (non-hydrogen) atoms. The molecule has 1 rings (SSSR count). The highest BCUT2D eigenvalue weighted by atomic mass is 16.5. The molecule has 0 heterocycles. The maximum absolute atomic E-state index is 10.6. The van der Waals surface area contributed by atoms with Crippen LogP contribution >= 0.6 is 0 Å². The molecule has 0 unspecified atom stereocenters. The molecular formula is C11H12O3.